The third-order valence-electron chi connectivity index (χ3n) is 3.13. The van der Waals surface area contributed by atoms with Gasteiger partial charge in [0, 0.05) is 24.2 Å². The molecule has 1 aliphatic heterocycles. The summed E-state index contributed by atoms with van der Waals surface area (Å²) in [5.41, 5.74) is -0.0122. The van der Waals surface area contributed by atoms with Gasteiger partial charge in [-0.25, -0.2) is 21.6 Å². The number of benzene rings is 1. The zero-order chi connectivity index (χ0) is 14.0. The number of hydrogen-bond acceptors (Lipinski definition) is 3. The van der Waals surface area contributed by atoms with Gasteiger partial charge in [0.25, 0.3) is 0 Å². The van der Waals surface area contributed by atoms with Crippen molar-refractivity contribution in [2.75, 3.05) is 11.5 Å². The van der Waals surface area contributed by atoms with Gasteiger partial charge in [0.15, 0.2) is 21.5 Å². The molecule has 0 saturated carbocycles. The van der Waals surface area contributed by atoms with Gasteiger partial charge in [-0.1, -0.05) is 0 Å². The van der Waals surface area contributed by atoms with Crippen LogP contribution in [0.15, 0.2) is 12.1 Å². The maximum absolute atomic E-state index is 13.4. The Kier molecular flexibility index (Phi) is 4.15. The first-order chi connectivity index (χ1) is 8.87. The molecule has 1 fully saturated rings. The highest BCUT2D eigenvalue weighted by atomic mass is 32.2. The first-order valence-electron chi connectivity index (χ1n) is 5.94. The zero-order valence-corrected chi connectivity index (χ0v) is 10.9. The molecule has 7 heteroatoms. The lowest BCUT2D eigenvalue weighted by Crippen LogP contribution is -2.39. The first kappa shape index (κ1) is 14.3. The predicted molar refractivity (Wildman–Crippen MR) is 64.8 cm³/mol. The Bertz CT molecular complexity index is 575. The van der Waals surface area contributed by atoms with E-state index in [1.54, 1.807) is 0 Å². The SMILES string of the molecule is O=S1(=O)CCCC(NCc2cc(F)c(F)cc2F)C1. The molecule has 0 radical (unpaired) electrons. The van der Waals surface area contributed by atoms with Gasteiger partial charge < -0.3 is 5.32 Å². The van der Waals surface area contributed by atoms with Crippen LogP contribution in [0.3, 0.4) is 0 Å². The molecule has 0 spiro atoms. The largest absolute Gasteiger partial charge is 0.309 e. The van der Waals surface area contributed by atoms with Crippen molar-refractivity contribution in [3.8, 4) is 0 Å². The third kappa shape index (κ3) is 3.70. The molecule has 1 unspecified atom stereocenters. The highest BCUT2D eigenvalue weighted by Crippen LogP contribution is 2.16. The highest BCUT2D eigenvalue weighted by molar-refractivity contribution is 7.91. The molecule has 1 saturated heterocycles. The van der Waals surface area contributed by atoms with Crippen LogP contribution in [-0.2, 0) is 16.4 Å². The Morgan fingerprint density at radius 3 is 2.53 bits per heavy atom. The summed E-state index contributed by atoms with van der Waals surface area (Å²) in [5.74, 6) is -3.02. The van der Waals surface area contributed by atoms with Crippen LogP contribution >= 0.6 is 0 Å². The number of halogens is 3. The average Bonchev–Trinajstić information content (AvgIpc) is 2.31. The van der Waals surface area contributed by atoms with Crippen LogP contribution in [0.1, 0.15) is 18.4 Å². The lowest BCUT2D eigenvalue weighted by atomic mass is 10.1. The van der Waals surface area contributed by atoms with Crippen LogP contribution in [0.25, 0.3) is 0 Å². The molecule has 1 aliphatic rings. The Morgan fingerprint density at radius 2 is 1.84 bits per heavy atom. The van der Waals surface area contributed by atoms with E-state index < -0.39 is 27.3 Å². The van der Waals surface area contributed by atoms with E-state index in [9.17, 15) is 21.6 Å². The van der Waals surface area contributed by atoms with E-state index in [-0.39, 0.29) is 29.7 Å². The van der Waals surface area contributed by atoms with E-state index in [2.05, 4.69) is 5.32 Å². The van der Waals surface area contributed by atoms with E-state index >= 15 is 0 Å². The van der Waals surface area contributed by atoms with Crippen LogP contribution in [0.5, 0.6) is 0 Å². The minimum atomic E-state index is -3.05. The maximum atomic E-state index is 13.4. The summed E-state index contributed by atoms with van der Waals surface area (Å²) in [4.78, 5) is 0. The highest BCUT2D eigenvalue weighted by Gasteiger charge is 2.24. The number of sulfone groups is 1. The maximum Gasteiger partial charge on any atom is 0.161 e. The quantitative estimate of drug-likeness (QED) is 0.864. The molecule has 0 aliphatic carbocycles. The van der Waals surface area contributed by atoms with Crippen LogP contribution in [0.2, 0.25) is 0 Å². The minimum Gasteiger partial charge on any atom is -0.309 e. The zero-order valence-electron chi connectivity index (χ0n) is 10.1. The van der Waals surface area contributed by atoms with E-state index in [0.29, 0.717) is 18.9 Å². The van der Waals surface area contributed by atoms with Crippen molar-refractivity contribution in [3.63, 3.8) is 0 Å². The third-order valence-corrected chi connectivity index (χ3v) is 4.95. The molecule has 0 bridgehead atoms. The fraction of sp³-hybridized carbons (Fsp3) is 0.500. The predicted octanol–water partition coefficient (Wildman–Crippen LogP) is 1.77. The van der Waals surface area contributed by atoms with Crippen molar-refractivity contribution < 1.29 is 21.6 Å². The molecule has 1 N–H and O–H groups in total. The molecule has 0 amide bonds. The van der Waals surface area contributed by atoms with Gasteiger partial charge in [-0.3, -0.25) is 0 Å². The van der Waals surface area contributed by atoms with E-state index in [1.165, 1.54) is 0 Å². The molecule has 3 nitrogen and oxygen atoms in total. The van der Waals surface area contributed by atoms with Crippen molar-refractivity contribution in [3.05, 3.63) is 35.1 Å². The van der Waals surface area contributed by atoms with Gasteiger partial charge >= 0.3 is 0 Å². The molecule has 2 rings (SSSR count). The van der Waals surface area contributed by atoms with Gasteiger partial charge in [0.1, 0.15) is 5.82 Å². The lowest BCUT2D eigenvalue weighted by molar-refractivity contribution is 0.462. The van der Waals surface area contributed by atoms with E-state index in [0.717, 1.165) is 6.07 Å². The van der Waals surface area contributed by atoms with Crippen LogP contribution in [0, 0.1) is 17.5 Å². The Balaban J connectivity index is 2.01. The summed E-state index contributed by atoms with van der Waals surface area (Å²) >= 11 is 0. The normalized spacial score (nSPS) is 22.4. The van der Waals surface area contributed by atoms with Crippen LogP contribution < -0.4 is 5.32 Å². The van der Waals surface area contributed by atoms with Crippen molar-refractivity contribution in [2.24, 2.45) is 0 Å². The fourth-order valence-corrected chi connectivity index (χ4v) is 3.81. The monoisotopic (exact) mass is 293 g/mol. The molecular weight excluding hydrogens is 279 g/mol. The Labute approximate surface area is 109 Å². The number of rotatable bonds is 3. The lowest BCUT2D eigenvalue weighted by Gasteiger charge is -2.23. The second-order valence-corrected chi connectivity index (χ2v) is 6.92. The number of nitrogens with one attached hydrogen (secondary N) is 1. The molecule has 1 heterocycles. The minimum absolute atomic E-state index is 0.00169. The summed E-state index contributed by atoms with van der Waals surface area (Å²) in [6, 6.07) is 1.00. The van der Waals surface area contributed by atoms with Gasteiger partial charge in [-0.05, 0) is 18.9 Å². The summed E-state index contributed by atoms with van der Waals surface area (Å²) in [6.07, 6.45) is 1.23. The van der Waals surface area contributed by atoms with E-state index in [1.807, 2.05) is 0 Å². The Morgan fingerprint density at radius 1 is 1.16 bits per heavy atom. The smallest absolute Gasteiger partial charge is 0.161 e. The molecule has 19 heavy (non-hydrogen) atoms. The second-order valence-electron chi connectivity index (χ2n) is 4.69. The summed E-state index contributed by atoms with van der Waals surface area (Å²) < 4.78 is 61.9. The molecule has 1 atom stereocenters. The molecule has 0 aromatic heterocycles. The standard InChI is InChI=1S/C12H14F3NO2S/c13-10-5-12(15)11(14)4-8(10)6-16-9-2-1-3-19(17,18)7-9/h4-5,9,16H,1-3,6-7H2. The fourth-order valence-electron chi connectivity index (χ4n) is 2.14. The van der Waals surface area contributed by atoms with Gasteiger partial charge in [0.05, 0.1) is 11.5 Å². The summed E-state index contributed by atoms with van der Waals surface area (Å²) in [7, 11) is -3.05. The topological polar surface area (TPSA) is 46.2 Å². The Hall–Kier alpha value is -1.08. The summed E-state index contributed by atoms with van der Waals surface area (Å²) in [5, 5.41) is 2.87. The van der Waals surface area contributed by atoms with Gasteiger partial charge in [-0.2, -0.15) is 0 Å². The van der Waals surface area contributed by atoms with Crippen LogP contribution in [-0.4, -0.2) is 26.0 Å². The van der Waals surface area contributed by atoms with Crippen LogP contribution in [0.4, 0.5) is 13.2 Å². The second kappa shape index (κ2) is 5.50. The summed E-state index contributed by atoms with van der Waals surface area (Å²) in [6.45, 7) is -0.0246. The van der Waals surface area contributed by atoms with Crippen molar-refractivity contribution in [1.29, 1.82) is 0 Å². The molecule has 106 valence electrons. The van der Waals surface area contributed by atoms with Crippen molar-refractivity contribution >= 4 is 9.84 Å². The molecule has 1 aromatic rings. The van der Waals surface area contributed by atoms with Crippen molar-refractivity contribution in [2.45, 2.75) is 25.4 Å². The van der Waals surface area contributed by atoms with E-state index in [4.69, 9.17) is 0 Å². The number of hydrogen-bond donors (Lipinski definition) is 1. The first-order valence-corrected chi connectivity index (χ1v) is 7.77. The van der Waals surface area contributed by atoms with Crippen molar-refractivity contribution in [1.82, 2.24) is 5.32 Å². The average molecular weight is 293 g/mol. The van der Waals surface area contributed by atoms with Gasteiger partial charge in [-0.15, -0.1) is 0 Å². The molecule has 1 aromatic carbocycles. The van der Waals surface area contributed by atoms with Gasteiger partial charge in [0.2, 0.25) is 0 Å². The molecular formula is C12H14F3NO2S.